The Labute approximate surface area is 554 Å². The predicted octanol–water partition coefficient (Wildman–Crippen LogP) is 11.3. The fraction of sp³-hybridized carbons (Fsp3) is 0.278. The van der Waals surface area contributed by atoms with Gasteiger partial charge < -0.3 is 63.8 Å². The maximum atomic E-state index is 14.4. The number of allylic oxidation sites excluding steroid dienone is 4. The molecule has 3 amide bonds. The number of nitro groups is 1. The first-order chi connectivity index (χ1) is 46.3. The molecule has 0 saturated carbocycles. The van der Waals surface area contributed by atoms with Gasteiger partial charge >= 0.3 is 12.2 Å². The molecule has 7 aromatic rings. The van der Waals surface area contributed by atoms with E-state index in [2.05, 4.69) is 42.8 Å². The van der Waals surface area contributed by atoms with Gasteiger partial charge in [-0.15, -0.1) is 0 Å². The van der Waals surface area contributed by atoms with Crippen molar-refractivity contribution in [3.63, 3.8) is 0 Å². The summed E-state index contributed by atoms with van der Waals surface area (Å²) >= 11 is 0. The molecule has 5 aromatic carbocycles. The van der Waals surface area contributed by atoms with Crippen LogP contribution in [0.2, 0.25) is 0 Å². The van der Waals surface area contributed by atoms with E-state index in [1.807, 2.05) is 51.2 Å². The number of carbonyl (C=O) groups excluding carboxylic acids is 4. The minimum absolute atomic E-state index is 0.0371. The Morgan fingerprint density at radius 2 is 1.01 bits per heavy atom. The molecule has 4 aliphatic rings. The number of halogens is 2. The van der Waals surface area contributed by atoms with Crippen molar-refractivity contribution >= 4 is 64.2 Å². The number of hydrogen-bond acceptors (Lipinski definition) is 18. The van der Waals surface area contributed by atoms with Crippen molar-refractivity contribution in [1.82, 2.24) is 40.6 Å². The molecule has 24 heteroatoms. The SMILES string of the molecule is CN1CCNCC1.COc1cc(/C=C2/C(C)=C(CC(=O)NCc3cccnc3)c3cc(F)ccc32)cc(OC)c1OC(=O)N1CCN(C)CC1.COc1cc(/C=C2/C(C)=C(CC(=O)NCc3cccnc3)c3cc(F)ccc32)cc(OC)c1OC(=O)Oc1ccc([N+](=O)[O-])cc1. The Morgan fingerprint density at radius 3 is 1.41 bits per heavy atom. The van der Waals surface area contributed by atoms with Gasteiger partial charge in [0.05, 0.1) is 46.2 Å². The second-order valence-electron chi connectivity index (χ2n) is 22.8. The van der Waals surface area contributed by atoms with E-state index < -0.39 is 23.0 Å². The minimum Gasteiger partial charge on any atom is -0.493 e. The zero-order valence-corrected chi connectivity index (χ0v) is 54.6. The summed E-state index contributed by atoms with van der Waals surface area (Å²) in [6.07, 6.45) is 9.03. The molecule has 0 spiro atoms. The zero-order chi connectivity index (χ0) is 68.4. The van der Waals surface area contributed by atoms with Crippen LogP contribution >= 0.6 is 0 Å². The van der Waals surface area contributed by atoms with E-state index in [4.69, 9.17) is 33.2 Å². The van der Waals surface area contributed by atoms with E-state index >= 15 is 0 Å². The van der Waals surface area contributed by atoms with Crippen LogP contribution in [0.15, 0.2) is 145 Å². The van der Waals surface area contributed by atoms with E-state index in [1.165, 1.54) is 90.1 Å². The van der Waals surface area contributed by atoms with Gasteiger partial charge in [0.25, 0.3) is 5.69 Å². The van der Waals surface area contributed by atoms with Gasteiger partial charge in [0, 0.05) is 102 Å². The van der Waals surface area contributed by atoms with Crippen molar-refractivity contribution in [1.29, 1.82) is 0 Å². The van der Waals surface area contributed by atoms with Crippen LogP contribution in [0.1, 0.15) is 71.2 Å². The van der Waals surface area contributed by atoms with Crippen molar-refractivity contribution in [2.24, 2.45) is 0 Å². The molecule has 22 nitrogen and oxygen atoms in total. The van der Waals surface area contributed by atoms with E-state index in [0.29, 0.717) is 59.9 Å². The van der Waals surface area contributed by atoms with Crippen molar-refractivity contribution in [2.45, 2.75) is 39.8 Å². The zero-order valence-electron chi connectivity index (χ0n) is 54.6. The Morgan fingerprint density at radius 1 is 0.573 bits per heavy atom. The number of aromatic nitrogens is 2. The fourth-order valence-corrected chi connectivity index (χ4v) is 11.1. The Kier molecular flexibility index (Phi) is 23.8. The number of hydrogen-bond donors (Lipinski definition) is 3. The van der Waals surface area contributed by atoms with Gasteiger partial charge in [-0.3, -0.25) is 29.7 Å². The topological polar surface area (TPSA) is 248 Å². The third-order valence-corrected chi connectivity index (χ3v) is 16.3. The van der Waals surface area contributed by atoms with Crippen molar-refractivity contribution in [3.8, 4) is 40.2 Å². The second-order valence-corrected chi connectivity index (χ2v) is 22.8. The molecule has 0 atom stereocenters. The highest BCUT2D eigenvalue weighted by Gasteiger charge is 2.30. The van der Waals surface area contributed by atoms with E-state index in [0.717, 1.165) is 81.9 Å². The summed E-state index contributed by atoms with van der Waals surface area (Å²) in [4.78, 5) is 76.0. The number of carbonyl (C=O) groups is 4. The molecule has 0 bridgehead atoms. The van der Waals surface area contributed by atoms with Crippen LogP contribution in [-0.2, 0) is 22.7 Å². The number of nitrogens with one attached hydrogen (secondary N) is 3. The predicted molar refractivity (Wildman–Crippen MR) is 359 cm³/mol. The Hall–Kier alpha value is -10.8. The van der Waals surface area contributed by atoms with Crippen molar-refractivity contribution < 1.29 is 66.0 Å². The molecule has 2 aromatic heterocycles. The first-order valence-corrected chi connectivity index (χ1v) is 30.8. The summed E-state index contributed by atoms with van der Waals surface area (Å²) in [6.45, 7) is 11.9. The Balaban J connectivity index is 0.000000204. The summed E-state index contributed by atoms with van der Waals surface area (Å²) in [5.74, 6) is -0.0385. The van der Waals surface area contributed by atoms with Gasteiger partial charge in [0.15, 0.2) is 23.0 Å². The second kappa shape index (κ2) is 32.8. The van der Waals surface area contributed by atoms with E-state index in [9.17, 15) is 38.1 Å². The Bertz CT molecular complexity index is 4060. The lowest BCUT2D eigenvalue weighted by Gasteiger charge is -2.31. The number of nitro benzene ring substituents is 1. The number of likely N-dealkylation sites (N-methyl/N-ethyl adjacent to an activating group) is 2. The molecule has 11 rings (SSSR count). The van der Waals surface area contributed by atoms with Crippen LogP contribution in [0, 0.1) is 21.7 Å². The van der Waals surface area contributed by atoms with Crippen LogP contribution < -0.4 is 49.1 Å². The van der Waals surface area contributed by atoms with Gasteiger partial charge in [0.2, 0.25) is 23.3 Å². The van der Waals surface area contributed by atoms with Crippen molar-refractivity contribution in [3.05, 3.63) is 211 Å². The number of rotatable bonds is 18. The lowest BCUT2D eigenvalue weighted by atomic mass is 10.00. The van der Waals surface area contributed by atoms with Crippen molar-refractivity contribution in [2.75, 3.05) is 94.9 Å². The monoisotopic (exact) mass is 1310 g/mol. The third-order valence-electron chi connectivity index (χ3n) is 16.3. The summed E-state index contributed by atoms with van der Waals surface area (Å²) in [7, 11) is 9.95. The van der Waals surface area contributed by atoms with E-state index in [-0.39, 0.29) is 64.9 Å². The molecule has 4 heterocycles. The molecule has 3 N–H and O–H groups in total. The van der Waals surface area contributed by atoms with Gasteiger partial charge in [-0.2, -0.15) is 0 Å². The van der Waals surface area contributed by atoms with Crippen LogP contribution in [0.25, 0.3) is 34.4 Å². The summed E-state index contributed by atoms with van der Waals surface area (Å²) in [5.41, 5.74) is 10.5. The summed E-state index contributed by atoms with van der Waals surface area (Å²) in [6, 6.07) is 28.1. The third kappa shape index (κ3) is 17.9. The largest absolute Gasteiger partial charge is 0.519 e. The standard InChI is InChI=1S/C34H28FN3O8.C33H35FN4O5.C5H12N2/c1-20-27(26-11-6-23(35)16-29(26)28(20)17-32(39)37-19-21-5-4-12-36-18-21)13-22-14-30(43-2)33(31(15-22)44-3)46-34(40)45-25-9-7-24(8-10-25)38(41)42;1-21-26(25-8-7-24(34)17-28(25)27(21)18-31(39)36-20-22-6-5-9-35-19-22)14-23-15-29(41-3)32(30(16-23)42-4)43-33(40)38-12-10-37(2)11-13-38;1-7-4-2-6-3-5-7/h4-16,18H,17,19H2,1-3H3,(H,37,39);5-9,14-17,19H,10-13,18,20H2,1-4H3,(H,36,39);6H,2-5H2,1H3/b27-13-;26-14-;. The van der Waals surface area contributed by atoms with Crippen LogP contribution in [0.4, 0.5) is 24.1 Å². The first-order valence-electron chi connectivity index (χ1n) is 30.8. The number of amides is 3. The lowest BCUT2D eigenvalue weighted by Crippen LogP contribution is -2.48. The van der Waals surface area contributed by atoms with Crippen LogP contribution in [0.5, 0.6) is 40.2 Å². The molecular weight excluding hydrogens is 1240 g/mol. The molecule has 96 heavy (non-hydrogen) atoms. The number of non-ortho nitro benzene ring substituents is 1. The highest BCUT2D eigenvalue weighted by molar-refractivity contribution is 6.09. The van der Waals surface area contributed by atoms with Gasteiger partial charge in [-0.1, -0.05) is 24.3 Å². The summed E-state index contributed by atoms with van der Waals surface area (Å²) < 4.78 is 67.3. The maximum absolute atomic E-state index is 14.4. The molecule has 500 valence electrons. The highest BCUT2D eigenvalue weighted by atomic mass is 19.1. The maximum Gasteiger partial charge on any atom is 0.519 e. The van der Waals surface area contributed by atoms with Crippen LogP contribution in [0.3, 0.4) is 0 Å². The van der Waals surface area contributed by atoms with Gasteiger partial charge in [0.1, 0.15) is 17.4 Å². The molecule has 0 unspecified atom stereocenters. The molecule has 0 radical (unpaired) electrons. The quantitative estimate of drug-likeness (QED) is 0.0313. The number of fused-ring (bicyclic) bond motifs is 2. The molecular formula is C72H75F2N9O13. The van der Waals surface area contributed by atoms with Gasteiger partial charge in [-0.05, 0) is 191 Å². The number of nitrogens with zero attached hydrogens (tertiary/aromatic N) is 6. The smallest absolute Gasteiger partial charge is 0.493 e. The van der Waals surface area contributed by atoms with E-state index in [1.54, 1.807) is 72.2 Å². The fourth-order valence-electron chi connectivity index (χ4n) is 11.1. The molecule has 2 fully saturated rings. The number of benzene rings is 5. The molecule has 2 saturated heterocycles. The number of piperazine rings is 2. The minimum atomic E-state index is -1.12. The lowest BCUT2D eigenvalue weighted by molar-refractivity contribution is -0.384. The molecule has 2 aliphatic carbocycles. The number of ether oxygens (including phenoxy) is 7. The van der Waals surface area contributed by atoms with Gasteiger partial charge in [-0.25, -0.2) is 18.4 Å². The average molecular weight is 1310 g/mol. The normalized spacial score (nSPS) is 15.1. The average Bonchev–Trinajstić information content (AvgIpc) is 1.65. The first kappa shape index (κ1) is 69.5. The number of methoxy groups -OCH3 is 4. The highest BCUT2D eigenvalue weighted by Crippen LogP contribution is 2.48. The molecule has 2 aliphatic heterocycles. The van der Waals surface area contributed by atoms with Crippen LogP contribution in [-0.4, -0.2) is 149 Å². The summed E-state index contributed by atoms with van der Waals surface area (Å²) in [5, 5.41) is 20.0. The number of pyridine rings is 2.